The van der Waals surface area contributed by atoms with E-state index >= 15 is 0 Å². The Balaban J connectivity index is 1.17. The van der Waals surface area contributed by atoms with Crippen LogP contribution in [0.1, 0.15) is 37.9 Å². The molecular weight excluding hydrogens is 619 g/mol. The minimum Gasteiger partial charge on any atom is -0.309 e. The first-order valence-corrected chi connectivity index (χ1v) is 17.9. The highest BCUT2D eigenvalue weighted by molar-refractivity contribution is 6.11. The number of nitrogens with zero attached hydrogens (tertiary/aromatic N) is 3. The minimum atomic E-state index is -0.196. The molecule has 5 aromatic carbocycles. The zero-order chi connectivity index (χ0) is 34.4. The van der Waals surface area contributed by atoms with E-state index in [-0.39, 0.29) is 5.41 Å². The number of benzene rings is 5. The molecule has 2 atom stereocenters. The van der Waals surface area contributed by atoms with E-state index in [0.29, 0.717) is 5.92 Å². The topological polar surface area (TPSA) is 30.7 Å². The van der Waals surface area contributed by atoms with E-state index in [9.17, 15) is 0 Å². The van der Waals surface area contributed by atoms with Crippen molar-refractivity contribution in [3.05, 3.63) is 181 Å². The average Bonchev–Trinajstić information content (AvgIpc) is 3.52. The second-order valence-corrected chi connectivity index (χ2v) is 14.2. The Morgan fingerprint density at radius 1 is 0.647 bits per heavy atom. The van der Waals surface area contributed by atoms with E-state index in [2.05, 4.69) is 170 Å². The first-order chi connectivity index (χ1) is 25.0. The monoisotopic (exact) mass is 657 g/mol. The van der Waals surface area contributed by atoms with E-state index < -0.39 is 0 Å². The van der Waals surface area contributed by atoms with Crippen LogP contribution < -0.4 is 0 Å². The van der Waals surface area contributed by atoms with E-state index in [4.69, 9.17) is 9.97 Å². The fraction of sp³-hybridized carbons (Fsp3) is 0.125. The van der Waals surface area contributed by atoms with Gasteiger partial charge in [-0.25, -0.2) is 9.97 Å². The summed E-state index contributed by atoms with van der Waals surface area (Å²) in [5.41, 5.74) is 12.4. The standard InChI is InChI=1S/C48H39N3/c1-33-16-18-35(19-17-33)39-23-27-45-42(31-39)41-30-38(34-12-6-3-7-13-34)22-26-44(41)51(45)40-24-20-36(21-25-40)43-32-46(48(2)28-10-5-11-29-48)50-47(49-43)37-14-8-4-9-15-37/h3-16,18-28,30-33H,17,29H2,1-2H3. The summed E-state index contributed by atoms with van der Waals surface area (Å²) in [4.78, 5) is 10.2. The molecule has 3 nitrogen and oxygen atoms in total. The molecule has 7 aromatic rings. The fourth-order valence-electron chi connectivity index (χ4n) is 7.54. The molecule has 2 aromatic heterocycles. The Labute approximate surface area is 299 Å². The predicted octanol–water partition coefficient (Wildman–Crippen LogP) is 12.3. The maximum atomic E-state index is 5.12. The summed E-state index contributed by atoms with van der Waals surface area (Å²) < 4.78 is 2.40. The minimum absolute atomic E-state index is 0.196. The van der Waals surface area contributed by atoms with E-state index in [0.717, 1.165) is 46.9 Å². The summed E-state index contributed by atoms with van der Waals surface area (Å²) in [5.74, 6) is 1.33. The molecule has 0 aliphatic heterocycles. The lowest BCUT2D eigenvalue weighted by Crippen LogP contribution is -2.22. The molecule has 9 rings (SSSR count). The molecule has 246 valence electrons. The maximum absolute atomic E-state index is 5.12. The van der Waals surface area contributed by atoms with Crippen LogP contribution in [0.25, 0.3) is 66.8 Å². The molecule has 0 N–H and O–H groups in total. The Morgan fingerprint density at radius 2 is 1.31 bits per heavy atom. The quantitative estimate of drug-likeness (QED) is 0.178. The third-order valence-electron chi connectivity index (χ3n) is 10.5. The Hall–Kier alpha value is -6.06. The molecule has 0 spiro atoms. The van der Waals surface area contributed by atoms with Crippen LogP contribution in [0.3, 0.4) is 0 Å². The SMILES string of the molecule is CC1C=CC(c2ccc3c(c2)c2cc(-c4ccccc4)ccc2n3-c2ccc(-c3cc(C4(C)C=CC=CC4)nc(-c4ccccc4)n3)cc2)=CC1. The molecule has 51 heavy (non-hydrogen) atoms. The molecule has 2 aliphatic rings. The lowest BCUT2D eigenvalue weighted by molar-refractivity contribution is 0.578. The number of hydrogen-bond donors (Lipinski definition) is 0. The van der Waals surface area contributed by atoms with Gasteiger partial charge < -0.3 is 4.57 Å². The predicted molar refractivity (Wildman–Crippen MR) is 214 cm³/mol. The van der Waals surface area contributed by atoms with Crippen LogP contribution in [0.15, 0.2) is 170 Å². The summed E-state index contributed by atoms with van der Waals surface area (Å²) in [6.07, 6.45) is 17.7. The highest BCUT2D eigenvalue weighted by atomic mass is 15.0. The van der Waals surface area contributed by atoms with Crippen molar-refractivity contribution in [2.24, 2.45) is 5.92 Å². The van der Waals surface area contributed by atoms with Crippen LogP contribution in [0.4, 0.5) is 0 Å². The van der Waals surface area contributed by atoms with Crippen molar-refractivity contribution in [2.75, 3.05) is 0 Å². The van der Waals surface area contributed by atoms with Crippen molar-refractivity contribution in [1.29, 1.82) is 0 Å². The summed E-state index contributed by atoms with van der Waals surface area (Å²) in [7, 11) is 0. The first-order valence-electron chi connectivity index (χ1n) is 17.9. The van der Waals surface area contributed by atoms with Gasteiger partial charge >= 0.3 is 0 Å². The number of rotatable bonds is 6. The van der Waals surface area contributed by atoms with E-state index in [1.54, 1.807) is 0 Å². The van der Waals surface area contributed by atoms with Crippen LogP contribution in [0.2, 0.25) is 0 Å². The van der Waals surface area contributed by atoms with Gasteiger partial charge in [-0.3, -0.25) is 0 Å². The maximum Gasteiger partial charge on any atom is 0.160 e. The van der Waals surface area contributed by atoms with Gasteiger partial charge in [-0.1, -0.05) is 141 Å². The van der Waals surface area contributed by atoms with Gasteiger partial charge in [-0.15, -0.1) is 0 Å². The summed E-state index contributed by atoms with van der Waals surface area (Å²) in [6, 6.07) is 45.9. The van der Waals surface area contributed by atoms with Gasteiger partial charge in [0, 0.05) is 33.0 Å². The zero-order valence-corrected chi connectivity index (χ0v) is 29.0. The van der Waals surface area contributed by atoms with Gasteiger partial charge in [0.1, 0.15) is 0 Å². The van der Waals surface area contributed by atoms with Crippen molar-refractivity contribution < 1.29 is 0 Å². The van der Waals surface area contributed by atoms with E-state index in [1.165, 1.54) is 44.1 Å². The highest BCUT2D eigenvalue weighted by Crippen LogP contribution is 2.38. The number of aromatic nitrogens is 3. The Kier molecular flexibility index (Phi) is 7.70. The molecule has 0 fully saturated rings. The van der Waals surface area contributed by atoms with Gasteiger partial charge in [-0.2, -0.15) is 0 Å². The molecule has 2 aliphatic carbocycles. The number of fused-ring (bicyclic) bond motifs is 3. The summed E-state index contributed by atoms with van der Waals surface area (Å²) >= 11 is 0. The molecule has 2 unspecified atom stereocenters. The lowest BCUT2D eigenvalue weighted by atomic mass is 9.80. The molecule has 0 amide bonds. The largest absolute Gasteiger partial charge is 0.309 e. The smallest absolute Gasteiger partial charge is 0.160 e. The third-order valence-corrected chi connectivity index (χ3v) is 10.5. The lowest BCUT2D eigenvalue weighted by Gasteiger charge is -2.26. The second-order valence-electron chi connectivity index (χ2n) is 14.2. The second kappa shape index (κ2) is 12.7. The van der Waals surface area contributed by atoms with Gasteiger partial charge in [0.15, 0.2) is 5.82 Å². The van der Waals surface area contributed by atoms with Gasteiger partial charge in [0.25, 0.3) is 0 Å². The van der Waals surface area contributed by atoms with Crippen LogP contribution in [0, 0.1) is 5.92 Å². The van der Waals surface area contributed by atoms with Crippen LogP contribution >= 0.6 is 0 Å². The highest BCUT2D eigenvalue weighted by Gasteiger charge is 2.27. The number of hydrogen-bond acceptors (Lipinski definition) is 2. The van der Waals surface area contributed by atoms with Gasteiger partial charge in [-0.05, 0) is 83.5 Å². The first kappa shape index (κ1) is 31.0. The molecule has 2 heterocycles. The Bertz CT molecular complexity index is 2530. The Morgan fingerprint density at radius 3 is 1.98 bits per heavy atom. The van der Waals surface area contributed by atoms with Crippen molar-refractivity contribution >= 4 is 27.4 Å². The molecule has 0 saturated carbocycles. The van der Waals surface area contributed by atoms with Gasteiger partial charge in [0.05, 0.1) is 22.4 Å². The van der Waals surface area contributed by atoms with Crippen molar-refractivity contribution in [1.82, 2.24) is 14.5 Å². The van der Waals surface area contributed by atoms with Crippen LogP contribution in [-0.4, -0.2) is 14.5 Å². The van der Waals surface area contributed by atoms with Crippen molar-refractivity contribution in [3.63, 3.8) is 0 Å². The average molecular weight is 658 g/mol. The molecule has 0 radical (unpaired) electrons. The molecule has 0 saturated heterocycles. The fourth-order valence-corrected chi connectivity index (χ4v) is 7.54. The molecule has 0 bridgehead atoms. The van der Waals surface area contributed by atoms with Crippen molar-refractivity contribution in [2.45, 2.75) is 32.1 Å². The van der Waals surface area contributed by atoms with Crippen LogP contribution in [0.5, 0.6) is 0 Å². The molecule has 3 heteroatoms. The van der Waals surface area contributed by atoms with E-state index in [1.807, 2.05) is 18.2 Å². The number of allylic oxidation sites excluding steroid dienone is 8. The summed E-state index contributed by atoms with van der Waals surface area (Å²) in [5, 5.41) is 2.51. The summed E-state index contributed by atoms with van der Waals surface area (Å²) in [6.45, 7) is 4.53. The van der Waals surface area contributed by atoms with Gasteiger partial charge in [0.2, 0.25) is 0 Å². The normalized spacial score (nSPS) is 18.4. The molecular formula is C48H39N3. The third kappa shape index (κ3) is 5.75. The van der Waals surface area contributed by atoms with Crippen LogP contribution in [-0.2, 0) is 5.41 Å². The zero-order valence-electron chi connectivity index (χ0n) is 29.0. The van der Waals surface area contributed by atoms with Crippen molar-refractivity contribution in [3.8, 4) is 39.5 Å².